The second-order valence-corrected chi connectivity index (χ2v) is 7.35. The Labute approximate surface area is 154 Å². The minimum Gasteiger partial charge on any atom is -0.369 e. The van der Waals surface area contributed by atoms with E-state index in [4.69, 9.17) is 5.73 Å². The second-order valence-electron chi connectivity index (χ2n) is 7.35. The van der Waals surface area contributed by atoms with Crippen molar-refractivity contribution in [3.05, 3.63) is 35.1 Å². The highest BCUT2D eigenvalue weighted by Crippen LogP contribution is 2.47. The van der Waals surface area contributed by atoms with Crippen LogP contribution in [0.3, 0.4) is 0 Å². The third-order valence-corrected chi connectivity index (χ3v) is 5.09. The predicted molar refractivity (Wildman–Crippen MR) is 91.3 cm³/mol. The Morgan fingerprint density at radius 3 is 2.41 bits per heavy atom. The maximum Gasteiger partial charge on any atom is 0.395 e. The summed E-state index contributed by atoms with van der Waals surface area (Å²) in [5, 5.41) is 0. The molecule has 0 saturated heterocycles. The molecule has 0 bridgehead atoms. The normalized spacial score (nSPS) is 22.6. The molecular weight excluding hydrogens is 366 g/mol. The van der Waals surface area contributed by atoms with E-state index >= 15 is 0 Å². The van der Waals surface area contributed by atoms with Crippen molar-refractivity contribution in [2.24, 2.45) is 16.1 Å². The van der Waals surface area contributed by atoms with Gasteiger partial charge in [-0.3, -0.25) is 14.5 Å². The third kappa shape index (κ3) is 3.81. The number of benzene rings is 1. The van der Waals surface area contributed by atoms with Gasteiger partial charge in [0.1, 0.15) is 23.6 Å². The van der Waals surface area contributed by atoms with Gasteiger partial charge in [0.05, 0.1) is 5.41 Å². The van der Waals surface area contributed by atoms with Crippen LogP contribution < -0.4 is 5.73 Å². The predicted octanol–water partition coefficient (Wildman–Crippen LogP) is 2.92. The summed E-state index contributed by atoms with van der Waals surface area (Å²) in [6.45, 7) is 4.70. The lowest BCUT2D eigenvalue weighted by atomic mass is 9.67. The number of hydrogen-bond donors (Lipinski definition) is 1. The summed E-state index contributed by atoms with van der Waals surface area (Å²) in [5.41, 5.74) is 3.42. The number of guanidine groups is 1. The van der Waals surface area contributed by atoms with E-state index in [9.17, 15) is 27.2 Å². The molecule has 1 aliphatic heterocycles. The average molecular weight is 387 g/mol. The molecule has 2 rings (SSSR count). The number of alkyl halides is 3. The van der Waals surface area contributed by atoms with E-state index in [1.807, 2.05) is 0 Å². The number of nitrogens with two attached hydrogens (primary N) is 1. The Kier molecular flexibility index (Phi) is 5.11. The van der Waals surface area contributed by atoms with Crippen molar-refractivity contribution in [3.8, 4) is 0 Å². The third-order valence-electron chi connectivity index (χ3n) is 5.09. The zero-order valence-electron chi connectivity index (χ0n) is 15.4. The van der Waals surface area contributed by atoms with Crippen LogP contribution in [0, 0.1) is 11.2 Å². The van der Waals surface area contributed by atoms with Crippen LogP contribution in [-0.4, -0.2) is 35.8 Å². The van der Waals surface area contributed by atoms with E-state index in [1.54, 1.807) is 13.8 Å². The Hall–Kier alpha value is -2.45. The average Bonchev–Trinajstić information content (AvgIpc) is 2.51. The molecule has 0 aromatic heterocycles. The largest absolute Gasteiger partial charge is 0.395 e. The monoisotopic (exact) mass is 387 g/mol. The molecule has 1 aromatic rings. The van der Waals surface area contributed by atoms with Gasteiger partial charge >= 0.3 is 6.18 Å². The van der Waals surface area contributed by atoms with Crippen LogP contribution in [0.1, 0.15) is 38.3 Å². The first-order valence-corrected chi connectivity index (χ1v) is 8.20. The van der Waals surface area contributed by atoms with E-state index in [0.717, 1.165) is 11.0 Å². The van der Waals surface area contributed by atoms with Gasteiger partial charge in [0.15, 0.2) is 5.96 Å². The number of Topliss-reactive ketones (excluding diaryl/α,β-unsaturated/α-hetero) is 1. The summed E-state index contributed by atoms with van der Waals surface area (Å²) in [4.78, 5) is 29.7. The lowest BCUT2D eigenvalue weighted by molar-refractivity contribution is -0.151. The van der Waals surface area contributed by atoms with Gasteiger partial charge in [-0.2, -0.15) is 13.2 Å². The van der Waals surface area contributed by atoms with Crippen molar-refractivity contribution in [2.45, 2.75) is 45.3 Å². The fourth-order valence-corrected chi connectivity index (χ4v) is 3.14. The van der Waals surface area contributed by atoms with Crippen LogP contribution in [0.2, 0.25) is 0 Å². The van der Waals surface area contributed by atoms with Crippen LogP contribution >= 0.6 is 0 Å². The Balaban J connectivity index is 2.49. The number of carbonyl (C=O) groups is 2. The molecule has 1 aliphatic rings. The van der Waals surface area contributed by atoms with Crippen LogP contribution in [0.25, 0.3) is 0 Å². The van der Waals surface area contributed by atoms with Gasteiger partial charge in [-0.25, -0.2) is 9.38 Å². The molecule has 148 valence electrons. The number of ketones is 1. The SMILES string of the molecule is CN1C(=O)C(C)(C)[C@@](C)(c2cc(CC(=O)CC(F)(F)F)ccc2F)N=C1N. The molecule has 0 unspecified atom stereocenters. The fraction of sp³-hybridized carbons (Fsp3) is 0.500. The number of amides is 1. The molecule has 1 atom stereocenters. The lowest BCUT2D eigenvalue weighted by Gasteiger charge is -2.46. The lowest BCUT2D eigenvalue weighted by Crippen LogP contribution is -2.58. The van der Waals surface area contributed by atoms with Crippen molar-refractivity contribution in [2.75, 3.05) is 7.05 Å². The number of aliphatic imine (C=N–C) groups is 1. The number of carbonyl (C=O) groups excluding carboxylic acids is 2. The van der Waals surface area contributed by atoms with Crippen LogP contribution in [0.15, 0.2) is 23.2 Å². The Morgan fingerprint density at radius 1 is 1.26 bits per heavy atom. The first-order chi connectivity index (χ1) is 12.2. The smallest absolute Gasteiger partial charge is 0.369 e. The van der Waals surface area contributed by atoms with E-state index in [0.29, 0.717) is 0 Å². The Bertz CT molecular complexity index is 817. The molecule has 0 saturated carbocycles. The number of nitrogens with zero attached hydrogens (tertiary/aromatic N) is 2. The standard InChI is InChI=1S/C18H21F4N3O2/c1-16(2)14(27)25(4)15(23)24-17(16,3)12-8-10(5-6-13(12)19)7-11(26)9-18(20,21)22/h5-6,8H,7,9H2,1-4H3,(H2,23,24)/t17-/m1/s1. The highest BCUT2D eigenvalue weighted by Gasteiger charge is 2.53. The van der Waals surface area contributed by atoms with E-state index in [-0.39, 0.29) is 23.0 Å². The van der Waals surface area contributed by atoms with Crippen molar-refractivity contribution >= 4 is 17.6 Å². The zero-order valence-corrected chi connectivity index (χ0v) is 15.4. The molecule has 9 heteroatoms. The van der Waals surface area contributed by atoms with Gasteiger partial charge in [0.25, 0.3) is 0 Å². The van der Waals surface area contributed by atoms with Crippen molar-refractivity contribution in [3.63, 3.8) is 0 Å². The number of rotatable bonds is 4. The van der Waals surface area contributed by atoms with Crippen LogP contribution in [0.4, 0.5) is 17.6 Å². The van der Waals surface area contributed by atoms with Crippen LogP contribution in [0.5, 0.6) is 0 Å². The van der Waals surface area contributed by atoms with E-state index in [2.05, 4.69) is 4.99 Å². The maximum atomic E-state index is 14.6. The van der Waals surface area contributed by atoms with Gasteiger partial charge in [-0.1, -0.05) is 6.07 Å². The van der Waals surface area contributed by atoms with Gasteiger partial charge < -0.3 is 5.73 Å². The number of hydrogen-bond acceptors (Lipinski definition) is 4. The van der Waals surface area contributed by atoms with E-state index in [1.165, 1.54) is 26.1 Å². The summed E-state index contributed by atoms with van der Waals surface area (Å²) in [5.74, 6) is -2.20. The molecule has 27 heavy (non-hydrogen) atoms. The summed E-state index contributed by atoms with van der Waals surface area (Å²) < 4.78 is 51.7. The van der Waals surface area contributed by atoms with Gasteiger partial charge in [0, 0.05) is 19.0 Å². The maximum absolute atomic E-state index is 14.6. The van der Waals surface area contributed by atoms with E-state index < -0.39 is 41.6 Å². The molecule has 0 fully saturated rings. The first-order valence-electron chi connectivity index (χ1n) is 8.20. The molecule has 0 aliphatic carbocycles. The molecule has 1 aromatic carbocycles. The van der Waals surface area contributed by atoms with Crippen molar-refractivity contribution in [1.29, 1.82) is 0 Å². The topological polar surface area (TPSA) is 75.8 Å². The minimum absolute atomic E-state index is 0.00536. The molecule has 5 nitrogen and oxygen atoms in total. The summed E-state index contributed by atoms with van der Waals surface area (Å²) in [6.07, 6.45) is -6.67. The molecule has 0 spiro atoms. The summed E-state index contributed by atoms with van der Waals surface area (Å²) in [7, 11) is 1.45. The summed E-state index contributed by atoms with van der Waals surface area (Å²) in [6, 6.07) is 3.58. The first kappa shape index (κ1) is 20.9. The highest BCUT2D eigenvalue weighted by molar-refractivity contribution is 6.01. The molecule has 2 N–H and O–H groups in total. The van der Waals surface area contributed by atoms with Gasteiger partial charge in [-0.15, -0.1) is 0 Å². The second kappa shape index (κ2) is 6.61. The fourth-order valence-electron chi connectivity index (χ4n) is 3.14. The molecule has 1 heterocycles. The van der Waals surface area contributed by atoms with Gasteiger partial charge in [-0.05, 0) is 38.5 Å². The zero-order chi connectivity index (χ0) is 20.8. The van der Waals surface area contributed by atoms with Crippen molar-refractivity contribution in [1.82, 2.24) is 4.90 Å². The minimum atomic E-state index is -4.60. The number of halogens is 4. The molecular formula is C18H21F4N3O2. The quantitative estimate of drug-likeness (QED) is 0.807. The van der Waals surface area contributed by atoms with Crippen molar-refractivity contribution < 1.29 is 27.2 Å². The molecule has 0 radical (unpaired) electrons. The Morgan fingerprint density at radius 2 is 1.85 bits per heavy atom. The van der Waals surface area contributed by atoms with Gasteiger partial charge in [0.2, 0.25) is 5.91 Å². The summed E-state index contributed by atoms with van der Waals surface area (Å²) >= 11 is 0. The molecule has 1 amide bonds. The highest BCUT2D eigenvalue weighted by atomic mass is 19.4. The van der Waals surface area contributed by atoms with Crippen LogP contribution in [-0.2, 0) is 21.5 Å².